The molecule has 8 heteroatoms. The van der Waals surface area contributed by atoms with Crippen molar-refractivity contribution in [3.63, 3.8) is 0 Å². The standard InChI is InChI=1S/C8H15N5O3/c9-8-11-6-13(12-8)5-7(15)10-1-3-16-4-2-14/h6,14H,1-5H2,(H2,9,12)(H,10,15). The fourth-order valence-corrected chi connectivity index (χ4v) is 1.02. The van der Waals surface area contributed by atoms with E-state index in [1.165, 1.54) is 11.0 Å². The number of nitrogen functional groups attached to an aromatic ring is 1. The summed E-state index contributed by atoms with van der Waals surface area (Å²) in [5.74, 6) is -0.0587. The zero-order valence-electron chi connectivity index (χ0n) is 8.80. The van der Waals surface area contributed by atoms with Gasteiger partial charge in [-0.05, 0) is 0 Å². The van der Waals surface area contributed by atoms with E-state index in [-0.39, 0.29) is 31.6 Å². The monoisotopic (exact) mass is 229 g/mol. The van der Waals surface area contributed by atoms with Crippen LogP contribution in [0.1, 0.15) is 0 Å². The minimum absolute atomic E-state index is 0.0216. The zero-order chi connectivity index (χ0) is 11.8. The summed E-state index contributed by atoms with van der Waals surface area (Å²) in [6.07, 6.45) is 1.39. The molecule has 1 aromatic heterocycles. The van der Waals surface area contributed by atoms with E-state index in [2.05, 4.69) is 15.4 Å². The van der Waals surface area contributed by atoms with Crippen LogP contribution in [-0.2, 0) is 16.1 Å². The van der Waals surface area contributed by atoms with Gasteiger partial charge in [0.2, 0.25) is 11.9 Å². The molecule has 0 saturated heterocycles. The number of hydrogen-bond acceptors (Lipinski definition) is 6. The van der Waals surface area contributed by atoms with E-state index < -0.39 is 0 Å². The van der Waals surface area contributed by atoms with Crippen molar-refractivity contribution in [3.05, 3.63) is 6.33 Å². The van der Waals surface area contributed by atoms with Crippen LogP contribution in [0.2, 0.25) is 0 Å². The van der Waals surface area contributed by atoms with Gasteiger partial charge in [0.1, 0.15) is 12.9 Å². The Labute approximate surface area is 92.4 Å². The minimum Gasteiger partial charge on any atom is -0.394 e. The van der Waals surface area contributed by atoms with Crippen LogP contribution in [-0.4, -0.2) is 52.1 Å². The molecular weight excluding hydrogens is 214 g/mol. The fourth-order valence-electron chi connectivity index (χ4n) is 1.02. The molecule has 0 atom stereocenters. The molecule has 8 nitrogen and oxygen atoms in total. The Morgan fingerprint density at radius 2 is 2.44 bits per heavy atom. The summed E-state index contributed by atoms with van der Waals surface area (Å²) in [5, 5.41) is 14.8. The van der Waals surface area contributed by atoms with E-state index in [1.807, 2.05) is 0 Å². The molecule has 4 N–H and O–H groups in total. The number of carbonyl (C=O) groups excluding carboxylic acids is 1. The van der Waals surface area contributed by atoms with Gasteiger partial charge in [0.15, 0.2) is 0 Å². The van der Waals surface area contributed by atoms with Gasteiger partial charge in [-0.2, -0.15) is 0 Å². The summed E-state index contributed by atoms with van der Waals surface area (Å²) in [6.45, 7) is 1.08. The molecule has 16 heavy (non-hydrogen) atoms. The van der Waals surface area contributed by atoms with Gasteiger partial charge < -0.3 is 20.9 Å². The number of nitrogens with one attached hydrogen (secondary N) is 1. The highest BCUT2D eigenvalue weighted by Gasteiger charge is 2.03. The van der Waals surface area contributed by atoms with Gasteiger partial charge >= 0.3 is 0 Å². The first-order chi connectivity index (χ1) is 7.72. The number of amides is 1. The lowest BCUT2D eigenvalue weighted by Gasteiger charge is -2.05. The summed E-state index contributed by atoms with van der Waals surface area (Å²) >= 11 is 0. The van der Waals surface area contributed by atoms with E-state index in [1.54, 1.807) is 0 Å². The summed E-state index contributed by atoms with van der Waals surface area (Å²) in [6, 6.07) is 0. The Hall–Kier alpha value is -1.67. The Morgan fingerprint density at radius 3 is 3.06 bits per heavy atom. The third-order valence-corrected chi connectivity index (χ3v) is 1.66. The van der Waals surface area contributed by atoms with Crippen molar-refractivity contribution in [3.8, 4) is 0 Å². The SMILES string of the molecule is Nc1ncn(CC(=O)NCCOCCO)n1. The third-order valence-electron chi connectivity index (χ3n) is 1.66. The van der Waals surface area contributed by atoms with Crippen LogP contribution in [0, 0.1) is 0 Å². The number of nitrogens with two attached hydrogens (primary N) is 1. The number of aliphatic hydroxyl groups is 1. The van der Waals surface area contributed by atoms with E-state index in [9.17, 15) is 4.79 Å². The molecule has 1 aromatic rings. The van der Waals surface area contributed by atoms with Crippen LogP contribution in [0.3, 0.4) is 0 Å². The molecule has 90 valence electrons. The van der Waals surface area contributed by atoms with Crippen molar-refractivity contribution in [2.45, 2.75) is 6.54 Å². The Bertz CT molecular complexity index is 327. The minimum atomic E-state index is -0.197. The quantitative estimate of drug-likeness (QED) is 0.465. The first kappa shape index (κ1) is 12.4. The first-order valence-electron chi connectivity index (χ1n) is 4.82. The third kappa shape index (κ3) is 4.71. The molecule has 0 radical (unpaired) electrons. The number of carbonyl (C=O) groups is 1. The largest absolute Gasteiger partial charge is 0.394 e. The number of ether oxygens (including phenoxy) is 1. The molecule has 0 aliphatic rings. The van der Waals surface area contributed by atoms with Gasteiger partial charge in [0.05, 0.1) is 19.8 Å². The van der Waals surface area contributed by atoms with Crippen LogP contribution in [0.5, 0.6) is 0 Å². The molecule has 0 saturated carbocycles. The molecule has 0 spiro atoms. The van der Waals surface area contributed by atoms with Gasteiger partial charge in [-0.1, -0.05) is 0 Å². The van der Waals surface area contributed by atoms with Crippen LogP contribution < -0.4 is 11.1 Å². The van der Waals surface area contributed by atoms with Crippen LogP contribution >= 0.6 is 0 Å². The Morgan fingerprint density at radius 1 is 1.62 bits per heavy atom. The number of nitrogens with zero attached hydrogens (tertiary/aromatic N) is 3. The maximum absolute atomic E-state index is 11.3. The molecule has 1 amide bonds. The molecule has 0 aromatic carbocycles. The van der Waals surface area contributed by atoms with Gasteiger partial charge in [-0.25, -0.2) is 9.67 Å². The zero-order valence-corrected chi connectivity index (χ0v) is 8.80. The van der Waals surface area contributed by atoms with Crippen LogP contribution in [0.25, 0.3) is 0 Å². The smallest absolute Gasteiger partial charge is 0.241 e. The molecule has 0 aliphatic carbocycles. The highest BCUT2D eigenvalue weighted by Crippen LogP contribution is 1.88. The Kier molecular flexibility index (Phi) is 5.23. The summed E-state index contributed by atoms with van der Waals surface area (Å²) in [5.41, 5.74) is 5.29. The predicted octanol–water partition coefficient (Wildman–Crippen LogP) is -2.01. The normalized spacial score (nSPS) is 10.3. The number of aliphatic hydroxyl groups excluding tert-OH is 1. The molecule has 0 unspecified atom stereocenters. The number of hydrogen-bond donors (Lipinski definition) is 3. The van der Waals surface area contributed by atoms with E-state index in [0.717, 1.165) is 0 Å². The molecular formula is C8H15N5O3. The predicted molar refractivity (Wildman–Crippen MR) is 55.3 cm³/mol. The molecule has 0 bridgehead atoms. The highest BCUT2D eigenvalue weighted by molar-refractivity contribution is 5.75. The average molecular weight is 229 g/mol. The summed E-state index contributed by atoms with van der Waals surface area (Å²) < 4.78 is 6.31. The van der Waals surface area contributed by atoms with Crippen molar-refractivity contribution in [1.82, 2.24) is 20.1 Å². The Balaban J connectivity index is 2.11. The van der Waals surface area contributed by atoms with Crippen molar-refractivity contribution in [2.75, 3.05) is 32.1 Å². The number of anilines is 1. The van der Waals surface area contributed by atoms with Crippen LogP contribution in [0.15, 0.2) is 6.33 Å². The second-order valence-corrected chi connectivity index (χ2v) is 2.99. The topological polar surface area (TPSA) is 115 Å². The molecule has 0 aliphatic heterocycles. The second kappa shape index (κ2) is 6.75. The summed E-state index contributed by atoms with van der Waals surface area (Å²) in [4.78, 5) is 15.0. The molecule has 0 fully saturated rings. The van der Waals surface area contributed by atoms with E-state index in [4.69, 9.17) is 15.6 Å². The first-order valence-corrected chi connectivity index (χ1v) is 4.82. The maximum atomic E-state index is 11.3. The highest BCUT2D eigenvalue weighted by atomic mass is 16.5. The lowest BCUT2D eigenvalue weighted by Crippen LogP contribution is -2.30. The van der Waals surface area contributed by atoms with Crippen molar-refractivity contribution in [2.24, 2.45) is 0 Å². The van der Waals surface area contributed by atoms with Crippen molar-refractivity contribution in [1.29, 1.82) is 0 Å². The van der Waals surface area contributed by atoms with Gasteiger partial charge in [-0.3, -0.25) is 4.79 Å². The average Bonchev–Trinajstić information content (AvgIpc) is 2.63. The number of rotatable bonds is 7. The van der Waals surface area contributed by atoms with Crippen molar-refractivity contribution >= 4 is 11.9 Å². The molecule has 1 heterocycles. The van der Waals surface area contributed by atoms with Gasteiger partial charge in [0.25, 0.3) is 0 Å². The van der Waals surface area contributed by atoms with Gasteiger partial charge in [-0.15, -0.1) is 5.10 Å². The van der Waals surface area contributed by atoms with Crippen LogP contribution in [0.4, 0.5) is 5.95 Å². The van der Waals surface area contributed by atoms with E-state index in [0.29, 0.717) is 13.2 Å². The molecule has 1 rings (SSSR count). The van der Waals surface area contributed by atoms with Gasteiger partial charge in [0, 0.05) is 6.54 Å². The second-order valence-electron chi connectivity index (χ2n) is 2.99. The summed E-state index contributed by atoms with van der Waals surface area (Å²) in [7, 11) is 0. The van der Waals surface area contributed by atoms with E-state index >= 15 is 0 Å². The fraction of sp³-hybridized carbons (Fsp3) is 0.625. The maximum Gasteiger partial charge on any atom is 0.241 e. The lowest BCUT2D eigenvalue weighted by molar-refractivity contribution is -0.122. The lowest BCUT2D eigenvalue weighted by atomic mass is 10.5. The number of aromatic nitrogens is 3. The van der Waals surface area contributed by atoms with Crippen molar-refractivity contribution < 1.29 is 14.6 Å².